The summed E-state index contributed by atoms with van der Waals surface area (Å²) in [6, 6.07) is 11.2. The van der Waals surface area contributed by atoms with Gasteiger partial charge in [-0.3, -0.25) is 0 Å². The average molecular weight is 327 g/mol. The van der Waals surface area contributed by atoms with Gasteiger partial charge in [0, 0.05) is 11.1 Å². The summed E-state index contributed by atoms with van der Waals surface area (Å²) in [4.78, 5) is 10.8. The van der Waals surface area contributed by atoms with E-state index in [0.29, 0.717) is 21.5 Å². The highest BCUT2D eigenvalue weighted by atomic mass is 35.5. The summed E-state index contributed by atoms with van der Waals surface area (Å²) in [6.07, 6.45) is 0. The summed E-state index contributed by atoms with van der Waals surface area (Å²) in [6.45, 7) is 0.517. The van der Waals surface area contributed by atoms with E-state index in [1.54, 1.807) is 30.3 Å². The zero-order valence-corrected chi connectivity index (χ0v) is 12.4. The van der Waals surface area contributed by atoms with Crippen LogP contribution in [0.1, 0.15) is 10.4 Å². The molecule has 0 radical (unpaired) electrons. The maximum Gasteiger partial charge on any atom is 0.335 e. The van der Waals surface area contributed by atoms with Crippen molar-refractivity contribution >= 4 is 29.2 Å². The van der Waals surface area contributed by atoms with E-state index in [9.17, 15) is 4.79 Å². The van der Waals surface area contributed by atoms with Gasteiger partial charge in [0.05, 0.1) is 10.6 Å². The minimum Gasteiger partial charge on any atom is -0.490 e. The fraction of sp³-hybridized carbons (Fsp3) is 0.133. The van der Waals surface area contributed by atoms with E-state index in [4.69, 9.17) is 37.8 Å². The second kappa shape index (κ2) is 7.20. The highest BCUT2D eigenvalue weighted by Crippen LogP contribution is 2.27. The lowest BCUT2D eigenvalue weighted by Crippen LogP contribution is -2.09. The Hall–Kier alpha value is -1.91. The Morgan fingerprint density at radius 2 is 1.81 bits per heavy atom. The molecule has 2 aromatic carbocycles. The first kappa shape index (κ1) is 15.5. The first-order chi connectivity index (χ1) is 10.1. The molecule has 0 saturated heterocycles. The number of halogens is 2. The molecule has 110 valence electrons. The molecular weight excluding hydrogens is 315 g/mol. The summed E-state index contributed by atoms with van der Waals surface area (Å²) in [7, 11) is 0. The molecule has 2 aromatic rings. The second-order valence-electron chi connectivity index (χ2n) is 4.10. The van der Waals surface area contributed by atoms with Gasteiger partial charge in [-0.2, -0.15) is 0 Å². The Kier molecular flexibility index (Phi) is 5.31. The number of hydrogen-bond acceptors (Lipinski definition) is 3. The van der Waals surface area contributed by atoms with Crippen LogP contribution in [0.4, 0.5) is 0 Å². The molecule has 0 aliphatic rings. The largest absolute Gasteiger partial charge is 0.490 e. The number of benzene rings is 2. The van der Waals surface area contributed by atoms with E-state index in [-0.39, 0.29) is 18.8 Å². The van der Waals surface area contributed by atoms with Gasteiger partial charge in [-0.25, -0.2) is 4.79 Å². The van der Waals surface area contributed by atoms with E-state index in [2.05, 4.69) is 0 Å². The minimum absolute atomic E-state index is 0.173. The number of carboxylic acids is 1. The van der Waals surface area contributed by atoms with Gasteiger partial charge in [-0.05, 0) is 30.3 Å². The molecule has 1 N–H and O–H groups in total. The smallest absolute Gasteiger partial charge is 0.335 e. The van der Waals surface area contributed by atoms with Gasteiger partial charge < -0.3 is 14.6 Å². The summed E-state index contributed by atoms with van der Waals surface area (Å²) < 4.78 is 10.9. The van der Waals surface area contributed by atoms with E-state index < -0.39 is 5.97 Å². The first-order valence-electron chi connectivity index (χ1n) is 6.10. The van der Waals surface area contributed by atoms with Crippen molar-refractivity contribution in [2.45, 2.75) is 0 Å². The molecule has 0 fully saturated rings. The summed E-state index contributed by atoms with van der Waals surface area (Å²) in [5.74, 6) is -0.0508. The molecule has 2 rings (SSSR count). The third-order valence-corrected chi connectivity index (χ3v) is 3.13. The third kappa shape index (κ3) is 4.55. The van der Waals surface area contributed by atoms with Crippen molar-refractivity contribution in [1.29, 1.82) is 0 Å². The van der Waals surface area contributed by atoms with E-state index in [1.165, 1.54) is 12.1 Å². The highest BCUT2D eigenvalue weighted by molar-refractivity contribution is 6.34. The Bertz CT molecular complexity index is 643. The molecule has 0 unspecified atom stereocenters. The maximum atomic E-state index is 10.8. The summed E-state index contributed by atoms with van der Waals surface area (Å²) in [5.41, 5.74) is 0.173. The predicted molar refractivity (Wildman–Crippen MR) is 80.9 cm³/mol. The van der Waals surface area contributed by atoms with Crippen LogP contribution in [0.25, 0.3) is 0 Å². The molecular formula is C15H12Cl2O4. The van der Waals surface area contributed by atoms with Gasteiger partial charge >= 0.3 is 5.97 Å². The van der Waals surface area contributed by atoms with Crippen molar-refractivity contribution in [2.24, 2.45) is 0 Å². The predicted octanol–water partition coefficient (Wildman–Crippen LogP) is 4.15. The fourth-order valence-electron chi connectivity index (χ4n) is 1.62. The second-order valence-corrected chi connectivity index (χ2v) is 4.95. The topological polar surface area (TPSA) is 55.8 Å². The van der Waals surface area contributed by atoms with Gasteiger partial charge in [-0.15, -0.1) is 0 Å². The zero-order valence-electron chi connectivity index (χ0n) is 10.9. The monoisotopic (exact) mass is 326 g/mol. The molecule has 0 bridgehead atoms. The van der Waals surface area contributed by atoms with Crippen LogP contribution < -0.4 is 9.47 Å². The van der Waals surface area contributed by atoms with Crippen LogP contribution >= 0.6 is 23.2 Å². The number of ether oxygens (including phenoxy) is 2. The van der Waals surface area contributed by atoms with Crippen molar-refractivity contribution in [1.82, 2.24) is 0 Å². The average Bonchev–Trinajstić information content (AvgIpc) is 2.47. The number of hydrogen-bond donors (Lipinski definition) is 1. The van der Waals surface area contributed by atoms with E-state index in [1.807, 2.05) is 0 Å². The number of rotatable bonds is 6. The van der Waals surface area contributed by atoms with Crippen LogP contribution in [0.15, 0.2) is 42.5 Å². The molecule has 0 heterocycles. The van der Waals surface area contributed by atoms with Crippen LogP contribution in [0.5, 0.6) is 11.5 Å². The molecule has 0 aromatic heterocycles. The zero-order chi connectivity index (χ0) is 15.2. The highest BCUT2D eigenvalue weighted by Gasteiger charge is 2.05. The van der Waals surface area contributed by atoms with Crippen molar-refractivity contribution in [3.63, 3.8) is 0 Å². The lowest BCUT2D eigenvalue weighted by Gasteiger charge is -2.10. The SMILES string of the molecule is O=C(O)c1cccc(OCCOc2cc(Cl)ccc2Cl)c1. The van der Waals surface area contributed by atoms with Crippen molar-refractivity contribution in [3.05, 3.63) is 58.1 Å². The van der Waals surface area contributed by atoms with Gasteiger partial charge in [0.25, 0.3) is 0 Å². The normalized spacial score (nSPS) is 10.2. The minimum atomic E-state index is -0.998. The number of aromatic carboxylic acids is 1. The molecule has 0 amide bonds. The molecule has 0 aliphatic carbocycles. The quantitative estimate of drug-likeness (QED) is 0.810. The Morgan fingerprint density at radius 1 is 1.05 bits per heavy atom. The van der Waals surface area contributed by atoms with E-state index >= 15 is 0 Å². The van der Waals surface area contributed by atoms with Crippen LogP contribution in [0.2, 0.25) is 10.0 Å². The number of carboxylic acid groups (broad SMARTS) is 1. The molecule has 4 nitrogen and oxygen atoms in total. The van der Waals surface area contributed by atoms with Crippen molar-refractivity contribution < 1.29 is 19.4 Å². The maximum absolute atomic E-state index is 10.8. The van der Waals surface area contributed by atoms with Gasteiger partial charge in [0.15, 0.2) is 0 Å². The molecule has 21 heavy (non-hydrogen) atoms. The molecule has 6 heteroatoms. The third-order valence-electron chi connectivity index (χ3n) is 2.58. The van der Waals surface area contributed by atoms with Crippen LogP contribution in [0, 0.1) is 0 Å². The molecule has 0 spiro atoms. The standard InChI is InChI=1S/C15H12Cl2O4/c16-11-4-5-13(17)14(9-11)21-7-6-20-12-3-1-2-10(8-12)15(18)19/h1-5,8-9H,6-7H2,(H,18,19). The van der Waals surface area contributed by atoms with Gasteiger partial charge in [-0.1, -0.05) is 29.3 Å². The van der Waals surface area contributed by atoms with Crippen LogP contribution in [-0.2, 0) is 0 Å². The van der Waals surface area contributed by atoms with Gasteiger partial charge in [0.1, 0.15) is 24.7 Å². The van der Waals surface area contributed by atoms with Gasteiger partial charge in [0.2, 0.25) is 0 Å². The molecule has 0 aliphatic heterocycles. The summed E-state index contributed by atoms with van der Waals surface area (Å²) in [5, 5.41) is 9.88. The van der Waals surface area contributed by atoms with Crippen LogP contribution in [0.3, 0.4) is 0 Å². The van der Waals surface area contributed by atoms with E-state index in [0.717, 1.165) is 0 Å². The lowest BCUT2D eigenvalue weighted by molar-refractivity contribution is 0.0696. The molecule has 0 atom stereocenters. The van der Waals surface area contributed by atoms with Crippen molar-refractivity contribution in [2.75, 3.05) is 13.2 Å². The van der Waals surface area contributed by atoms with Crippen molar-refractivity contribution in [3.8, 4) is 11.5 Å². The summed E-state index contributed by atoms with van der Waals surface area (Å²) >= 11 is 11.8. The first-order valence-corrected chi connectivity index (χ1v) is 6.86. The van der Waals surface area contributed by atoms with Crippen LogP contribution in [-0.4, -0.2) is 24.3 Å². The fourth-order valence-corrected chi connectivity index (χ4v) is 1.95. The Balaban J connectivity index is 1.86. The Labute approximate surface area is 131 Å². The molecule has 0 saturated carbocycles. The number of carbonyl (C=O) groups is 1. The lowest BCUT2D eigenvalue weighted by atomic mass is 10.2. The Morgan fingerprint density at radius 3 is 2.57 bits per heavy atom.